The summed E-state index contributed by atoms with van der Waals surface area (Å²) in [6.45, 7) is 1.95. The van der Waals surface area contributed by atoms with Crippen molar-refractivity contribution in [2.24, 2.45) is 0 Å². The van der Waals surface area contributed by atoms with Crippen LogP contribution in [0.2, 0.25) is 0 Å². The molecule has 0 saturated carbocycles. The first-order valence-electron chi connectivity index (χ1n) is 7.61. The molecule has 0 aliphatic carbocycles. The summed E-state index contributed by atoms with van der Waals surface area (Å²) in [7, 11) is -3.66. The van der Waals surface area contributed by atoms with E-state index in [1.807, 2.05) is 0 Å². The van der Waals surface area contributed by atoms with Crippen molar-refractivity contribution >= 4 is 21.8 Å². The number of nitrogens with zero attached hydrogens (tertiary/aromatic N) is 1. The maximum Gasteiger partial charge on any atom is 0.251 e. The number of carbonyl (C=O) groups is 2. The Morgan fingerprint density at radius 1 is 1.29 bits per heavy atom. The van der Waals surface area contributed by atoms with Crippen LogP contribution in [0.15, 0.2) is 29.2 Å². The third-order valence-electron chi connectivity index (χ3n) is 3.71. The molecule has 1 aromatic rings. The summed E-state index contributed by atoms with van der Waals surface area (Å²) in [6.07, 6.45) is 0.570. The van der Waals surface area contributed by atoms with Crippen LogP contribution in [0.4, 0.5) is 0 Å². The quantitative estimate of drug-likeness (QED) is 0.624. The number of amides is 2. The maximum atomic E-state index is 12.6. The normalized spacial score (nSPS) is 18.3. The second-order valence-electron chi connectivity index (χ2n) is 5.55. The van der Waals surface area contributed by atoms with Gasteiger partial charge in [-0.15, -0.1) is 0 Å². The summed E-state index contributed by atoms with van der Waals surface area (Å²) in [5, 5.41) is 13.9. The summed E-state index contributed by atoms with van der Waals surface area (Å²) < 4.78 is 26.5. The van der Waals surface area contributed by atoms with Crippen molar-refractivity contribution in [1.29, 1.82) is 0 Å². The molecule has 1 fully saturated rings. The van der Waals surface area contributed by atoms with E-state index in [-0.39, 0.29) is 42.4 Å². The SMILES string of the molecule is CC(=O)N[C@H]1CCN(S(=O)(=O)c2ccc(C(=O)NCCO)cc2)C1. The predicted octanol–water partition coefficient (Wildman–Crippen LogP) is -0.692. The van der Waals surface area contributed by atoms with E-state index < -0.39 is 10.0 Å². The van der Waals surface area contributed by atoms with Gasteiger partial charge in [-0.25, -0.2) is 8.42 Å². The molecule has 2 amide bonds. The second-order valence-corrected chi connectivity index (χ2v) is 7.49. The number of sulfonamides is 1. The van der Waals surface area contributed by atoms with Crippen LogP contribution >= 0.6 is 0 Å². The summed E-state index contributed by atoms with van der Waals surface area (Å²) in [6, 6.07) is 5.45. The maximum absolute atomic E-state index is 12.6. The molecule has 0 aromatic heterocycles. The van der Waals surface area contributed by atoms with Crippen molar-refractivity contribution in [3.63, 3.8) is 0 Å². The number of hydrogen-bond acceptors (Lipinski definition) is 5. The first-order chi connectivity index (χ1) is 11.3. The van der Waals surface area contributed by atoms with E-state index in [9.17, 15) is 18.0 Å². The predicted molar refractivity (Wildman–Crippen MR) is 86.8 cm³/mol. The lowest BCUT2D eigenvalue weighted by atomic mass is 10.2. The number of aliphatic hydroxyl groups excluding tert-OH is 1. The molecule has 1 aromatic carbocycles. The molecule has 1 aliphatic heterocycles. The van der Waals surface area contributed by atoms with Gasteiger partial charge in [0.2, 0.25) is 15.9 Å². The smallest absolute Gasteiger partial charge is 0.251 e. The van der Waals surface area contributed by atoms with Crippen molar-refractivity contribution in [3.8, 4) is 0 Å². The van der Waals surface area contributed by atoms with Gasteiger partial charge in [0, 0.05) is 38.2 Å². The van der Waals surface area contributed by atoms with Crippen LogP contribution in [0.25, 0.3) is 0 Å². The average molecular weight is 355 g/mol. The topological polar surface area (TPSA) is 116 Å². The van der Waals surface area contributed by atoms with Gasteiger partial charge < -0.3 is 15.7 Å². The van der Waals surface area contributed by atoms with E-state index in [1.165, 1.54) is 35.5 Å². The minimum Gasteiger partial charge on any atom is -0.395 e. The Balaban J connectivity index is 2.07. The van der Waals surface area contributed by atoms with Crippen molar-refractivity contribution in [2.75, 3.05) is 26.2 Å². The molecular weight excluding hydrogens is 334 g/mol. The largest absolute Gasteiger partial charge is 0.395 e. The summed E-state index contributed by atoms with van der Waals surface area (Å²) in [4.78, 5) is 22.9. The van der Waals surface area contributed by atoms with Crippen LogP contribution in [-0.2, 0) is 14.8 Å². The van der Waals surface area contributed by atoms with Crippen molar-refractivity contribution in [3.05, 3.63) is 29.8 Å². The third-order valence-corrected chi connectivity index (χ3v) is 5.59. The van der Waals surface area contributed by atoms with Gasteiger partial charge in [-0.1, -0.05) is 0 Å². The Morgan fingerprint density at radius 3 is 2.54 bits per heavy atom. The fourth-order valence-corrected chi connectivity index (χ4v) is 4.05. The highest BCUT2D eigenvalue weighted by atomic mass is 32.2. The van der Waals surface area contributed by atoms with Crippen LogP contribution in [0, 0.1) is 0 Å². The number of hydrogen-bond donors (Lipinski definition) is 3. The van der Waals surface area contributed by atoms with Gasteiger partial charge in [0.05, 0.1) is 11.5 Å². The minimum atomic E-state index is -3.66. The first kappa shape index (κ1) is 18.4. The Morgan fingerprint density at radius 2 is 1.96 bits per heavy atom. The lowest BCUT2D eigenvalue weighted by Gasteiger charge is -2.17. The highest BCUT2D eigenvalue weighted by Gasteiger charge is 2.32. The number of rotatable bonds is 6. The van der Waals surface area contributed by atoms with Gasteiger partial charge in [-0.3, -0.25) is 9.59 Å². The third kappa shape index (κ3) is 4.31. The van der Waals surface area contributed by atoms with Crippen LogP contribution in [-0.4, -0.2) is 61.9 Å². The molecule has 1 atom stereocenters. The van der Waals surface area contributed by atoms with E-state index >= 15 is 0 Å². The number of nitrogens with one attached hydrogen (secondary N) is 2. The highest BCUT2D eigenvalue weighted by molar-refractivity contribution is 7.89. The Hall–Kier alpha value is -1.97. The second kappa shape index (κ2) is 7.73. The Kier molecular flexibility index (Phi) is 5.92. The average Bonchev–Trinajstić information content (AvgIpc) is 3.01. The summed E-state index contributed by atoms with van der Waals surface area (Å²) in [5.74, 6) is -0.558. The highest BCUT2D eigenvalue weighted by Crippen LogP contribution is 2.21. The van der Waals surface area contributed by atoms with Gasteiger partial charge in [-0.05, 0) is 30.7 Å². The zero-order valence-electron chi connectivity index (χ0n) is 13.4. The molecule has 1 heterocycles. The molecular formula is C15H21N3O5S. The molecule has 1 saturated heterocycles. The minimum absolute atomic E-state index is 0.102. The molecule has 9 heteroatoms. The van der Waals surface area contributed by atoms with Gasteiger partial charge in [-0.2, -0.15) is 4.31 Å². The van der Waals surface area contributed by atoms with Crippen LogP contribution in [0.3, 0.4) is 0 Å². The zero-order chi connectivity index (χ0) is 17.7. The fraction of sp³-hybridized carbons (Fsp3) is 0.467. The molecule has 8 nitrogen and oxygen atoms in total. The van der Waals surface area contributed by atoms with Crippen molar-refractivity contribution in [1.82, 2.24) is 14.9 Å². The van der Waals surface area contributed by atoms with Gasteiger partial charge >= 0.3 is 0 Å². The van der Waals surface area contributed by atoms with Crippen molar-refractivity contribution < 1.29 is 23.1 Å². The number of benzene rings is 1. The first-order valence-corrected chi connectivity index (χ1v) is 9.05. The molecule has 24 heavy (non-hydrogen) atoms. The van der Waals surface area contributed by atoms with Gasteiger partial charge in [0.15, 0.2) is 0 Å². The monoisotopic (exact) mass is 355 g/mol. The number of carbonyl (C=O) groups excluding carboxylic acids is 2. The Bertz CT molecular complexity index is 702. The van der Waals surface area contributed by atoms with Crippen LogP contribution in [0.5, 0.6) is 0 Å². The lowest BCUT2D eigenvalue weighted by molar-refractivity contribution is -0.119. The molecule has 132 valence electrons. The summed E-state index contributed by atoms with van der Waals surface area (Å²) >= 11 is 0. The van der Waals surface area contributed by atoms with E-state index in [2.05, 4.69) is 10.6 Å². The molecule has 0 radical (unpaired) electrons. The molecule has 0 spiro atoms. The van der Waals surface area contributed by atoms with Gasteiger partial charge in [0.1, 0.15) is 0 Å². The summed E-state index contributed by atoms with van der Waals surface area (Å²) in [5.41, 5.74) is 0.319. The van der Waals surface area contributed by atoms with Crippen molar-refractivity contribution in [2.45, 2.75) is 24.3 Å². The molecule has 0 bridgehead atoms. The van der Waals surface area contributed by atoms with E-state index in [1.54, 1.807) is 0 Å². The van der Waals surface area contributed by atoms with E-state index in [4.69, 9.17) is 5.11 Å². The molecule has 1 aliphatic rings. The van der Waals surface area contributed by atoms with Crippen LogP contribution in [0.1, 0.15) is 23.7 Å². The molecule has 0 unspecified atom stereocenters. The van der Waals surface area contributed by atoms with Gasteiger partial charge in [0.25, 0.3) is 5.91 Å². The molecule has 2 rings (SSSR count). The lowest BCUT2D eigenvalue weighted by Crippen LogP contribution is -2.37. The molecule has 3 N–H and O–H groups in total. The van der Waals surface area contributed by atoms with E-state index in [0.29, 0.717) is 18.5 Å². The van der Waals surface area contributed by atoms with Crippen LogP contribution < -0.4 is 10.6 Å². The number of aliphatic hydroxyl groups is 1. The fourth-order valence-electron chi connectivity index (χ4n) is 2.55. The zero-order valence-corrected chi connectivity index (χ0v) is 14.2. The standard InChI is InChI=1S/C15H21N3O5S/c1-11(20)17-13-6-8-18(10-13)24(22,23)14-4-2-12(3-5-14)15(21)16-7-9-19/h2-5,13,19H,6-10H2,1H3,(H,16,21)(H,17,20)/t13-/m0/s1. The van der Waals surface area contributed by atoms with E-state index in [0.717, 1.165) is 0 Å². The Labute approximate surface area is 140 Å².